The second-order valence-electron chi connectivity index (χ2n) is 6.60. The molecule has 0 saturated heterocycles. The van der Waals surface area contributed by atoms with E-state index in [0.29, 0.717) is 16.6 Å². The van der Waals surface area contributed by atoms with Crippen molar-refractivity contribution >= 4 is 35.0 Å². The molecule has 1 aliphatic rings. The molecule has 2 rings (SSSR count). The van der Waals surface area contributed by atoms with E-state index in [9.17, 15) is 5.11 Å². The van der Waals surface area contributed by atoms with Crippen LogP contribution in [0.2, 0.25) is 10.0 Å². The van der Waals surface area contributed by atoms with Crippen LogP contribution in [0.25, 0.3) is 6.08 Å². The van der Waals surface area contributed by atoms with Gasteiger partial charge in [-0.1, -0.05) is 47.8 Å². The number of aliphatic hydroxyl groups excluding tert-OH is 1. The van der Waals surface area contributed by atoms with Gasteiger partial charge < -0.3 is 15.3 Å². The van der Waals surface area contributed by atoms with Gasteiger partial charge in [0, 0.05) is 6.54 Å². The topological polar surface area (TPSA) is 53.8 Å². The average Bonchev–Trinajstić information content (AvgIpc) is 2.63. The lowest BCUT2D eigenvalue weighted by molar-refractivity contribution is 0.0401. The van der Waals surface area contributed by atoms with Crippen molar-refractivity contribution in [1.82, 2.24) is 5.32 Å². The van der Waals surface area contributed by atoms with Crippen LogP contribution >= 0.6 is 23.2 Å². The Morgan fingerprint density at radius 3 is 2.85 bits per heavy atom. The van der Waals surface area contributed by atoms with Gasteiger partial charge in [0.05, 0.1) is 15.8 Å². The summed E-state index contributed by atoms with van der Waals surface area (Å²) in [7, 11) is 0. The second-order valence-corrected chi connectivity index (χ2v) is 7.41. The van der Waals surface area contributed by atoms with E-state index < -0.39 is 6.10 Å². The molecule has 2 N–H and O–H groups in total. The maximum atomic E-state index is 9.94. The van der Waals surface area contributed by atoms with Crippen LogP contribution in [-0.2, 0) is 4.84 Å². The number of nitrogens with zero attached hydrogens (tertiary/aromatic N) is 1. The van der Waals surface area contributed by atoms with E-state index >= 15 is 0 Å². The van der Waals surface area contributed by atoms with Crippen LogP contribution in [0.3, 0.4) is 0 Å². The highest BCUT2D eigenvalue weighted by Gasteiger charge is 2.15. The Hall–Kier alpha value is -1.07. The summed E-state index contributed by atoms with van der Waals surface area (Å²) >= 11 is 12.1. The summed E-state index contributed by atoms with van der Waals surface area (Å²) in [5.74, 6) is 0. The molecule has 26 heavy (non-hydrogen) atoms. The summed E-state index contributed by atoms with van der Waals surface area (Å²) in [5, 5.41) is 18.5. The lowest BCUT2D eigenvalue weighted by Crippen LogP contribution is -2.30. The molecule has 4 nitrogen and oxygen atoms in total. The first-order valence-electron chi connectivity index (χ1n) is 9.33. The predicted molar refractivity (Wildman–Crippen MR) is 110 cm³/mol. The SMILES string of the molecule is CCCCNC[C@@H](O)CO/N=C1\CCCC\C1=C/c1ccc(Cl)c(Cl)c1. The van der Waals surface area contributed by atoms with E-state index in [1.54, 1.807) is 6.07 Å². The quantitative estimate of drug-likeness (QED) is 0.450. The fraction of sp³-hybridized carbons (Fsp3) is 0.550. The highest BCUT2D eigenvalue weighted by molar-refractivity contribution is 6.42. The van der Waals surface area contributed by atoms with Crippen molar-refractivity contribution in [3.63, 3.8) is 0 Å². The molecule has 144 valence electrons. The maximum absolute atomic E-state index is 9.94. The van der Waals surface area contributed by atoms with E-state index in [0.717, 1.165) is 61.9 Å². The van der Waals surface area contributed by atoms with Crippen molar-refractivity contribution < 1.29 is 9.94 Å². The van der Waals surface area contributed by atoms with Gasteiger partial charge in [-0.15, -0.1) is 0 Å². The third-order valence-corrected chi connectivity index (χ3v) is 5.03. The van der Waals surface area contributed by atoms with Gasteiger partial charge in [0.15, 0.2) is 0 Å². The van der Waals surface area contributed by atoms with Crippen molar-refractivity contribution in [2.75, 3.05) is 19.7 Å². The molecular weight excluding hydrogens is 371 g/mol. The number of benzene rings is 1. The molecule has 0 amide bonds. The third kappa shape index (κ3) is 7.28. The number of nitrogens with one attached hydrogen (secondary N) is 1. The fourth-order valence-electron chi connectivity index (χ4n) is 2.81. The van der Waals surface area contributed by atoms with Gasteiger partial charge in [0.25, 0.3) is 0 Å². The zero-order chi connectivity index (χ0) is 18.8. The summed E-state index contributed by atoms with van der Waals surface area (Å²) < 4.78 is 0. The standard InChI is InChI=1S/C20H28Cl2N2O2/c1-2-3-10-23-13-17(25)14-26-24-20-7-5-4-6-16(20)11-15-8-9-18(21)19(22)12-15/h8-9,11-12,17,23,25H,2-7,10,13-14H2,1H3/b16-11+,24-20+/t17-/m1/s1. The van der Waals surface area contributed by atoms with Crippen LogP contribution in [0.15, 0.2) is 28.9 Å². The maximum Gasteiger partial charge on any atom is 0.144 e. The Kier molecular flexibility index (Phi) is 9.48. The summed E-state index contributed by atoms with van der Waals surface area (Å²) in [4.78, 5) is 5.41. The molecule has 0 aromatic heterocycles. The highest BCUT2D eigenvalue weighted by Crippen LogP contribution is 2.27. The number of halogens is 2. The fourth-order valence-corrected chi connectivity index (χ4v) is 3.11. The lowest BCUT2D eigenvalue weighted by Gasteiger charge is -2.17. The first kappa shape index (κ1) is 21.2. The Bertz CT molecular complexity index is 632. The van der Waals surface area contributed by atoms with Crippen LogP contribution in [0.5, 0.6) is 0 Å². The van der Waals surface area contributed by atoms with Crippen molar-refractivity contribution in [1.29, 1.82) is 0 Å². The van der Waals surface area contributed by atoms with Crippen LogP contribution in [0, 0.1) is 0 Å². The number of hydrogen-bond donors (Lipinski definition) is 2. The Morgan fingerprint density at radius 2 is 2.08 bits per heavy atom. The summed E-state index contributed by atoms with van der Waals surface area (Å²) in [6, 6.07) is 5.60. The summed E-state index contributed by atoms with van der Waals surface area (Å²) in [5.41, 5.74) is 3.11. The summed E-state index contributed by atoms with van der Waals surface area (Å²) in [6.07, 6.45) is 7.87. The normalized spacial score (nSPS) is 19.1. The van der Waals surface area contributed by atoms with E-state index in [-0.39, 0.29) is 6.61 Å². The Balaban J connectivity index is 1.91. The average molecular weight is 399 g/mol. The third-order valence-electron chi connectivity index (χ3n) is 4.29. The summed E-state index contributed by atoms with van der Waals surface area (Å²) in [6.45, 7) is 3.78. The molecular formula is C20H28Cl2N2O2. The number of oxime groups is 1. The van der Waals surface area contributed by atoms with Crippen molar-refractivity contribution in [3.8, 4) is 0 Å². The number of allylic oxidation sites excluding steroid dienone is 1. The lowest BCUT2D eigenvalue weighted by atomic mass is 9.91. The van der Waals surface area contributed by atoms with Gasteiger partial charge in [-0.05, 0) is 68.0 Å². The van der Waals surface area contributed by atoms with Crippen molar-refractivity contribution in [2.45, 2.75) is 51.6 Å². The predicted octanol–water partition coefficient (Wildman–Crippen LogP) is 5.07. The number of unbranched alkanes of at least 4 members (excludes halogenated alkanes) is 1. The van der Waals surface area contributed by atoms with Crippen molar-refractivity contribution in [2.24, 2.45) is 5.16 Å². The zero-order valence-corrected chi connectivity index (χ0v) is 16.8. The molecule has 0 aliphatic heterocycles. The Morgan fingerprint density at radius 1 is 1.27 bits per heavy atom. The monoisotopic (exact) mass is 398 g/mol. The number of rotatable bonds is 9. The minimum atomic E-state index is -0.553. The van der Waals surface area contributed by atoms with Gasteiger partial charge >= 0.3 is 0 Å². The van der Waals surface area contributed by atoms with E-state index in [4.69, 9.17) is 28.0 Å². The molecule has 0 radical (unpaired) electrons. The molecule has 1 atom stereocenters. The molecule has 1 aromatic rings. The van der Waals surface area contributed by atoms with Crippen LogP contribution in [-0.4, -0.2) is 36.6 Å². The molecule has 0 spiro atoms. The smallest absolute Gasteiger partial charge is 0.144 e. The number of aliphatic hydroxyl groups is 1. The van der Waals surface area contributed by atoms with E-state index in [2.05, 4.69) is 23.5 Å². The molecule has 1 aliphatic carbocycles. The van der Waals surface area contributed by atoms with Gasteiger partial charge in [0.1, 0.15) is 12.7 Å². The highest BCUT2D eigenvalue weighted by atomic mass is 35.5. The van der Waals surface area contributed by atoms with Crippen molar-refractivity contribution in [3.05, 3.63) is 39.4 Å². The molecule has 1 aromatic carbocycles. The van der Waals surface area contributed by atoms with Gasteiger partial charge in [-0.2, -0.15) is 0 Å². The first-order valence-corrected chi connectivity index (χ1v) is 10.1. The van der Waals surface area contributed by atoms with Gasteiger partial charge in [0.2, 0.25) is 0 Å². The molecule has 6 heteroatoms. The second kappa shape index (κ2) is 11.6. The van der Waals surface area contributed by atoms with E-state index in [1.165, 1.54) is 0 Å². The molecule has 0 unspecified atom stereocenters. The van der Waals surface area contributed by atoms with E-state index in [1.807, 2.05) is 12.1 Å². The van der Waals surface area contributed by atoms with Gasteiger partial charge in [-0.25, -0.2) is 0 Å². The number of hydrogen-bond acceptors (Lipinski definition) is 4. The van der Waals surface area contributed by atoms with Gasteiger partial charge in [-0.3, -0.25) is 0 Å². The van der Waals surface area contributed by atoms with Crippen LogP contribution in [0.1, 0.15) is 51.0 Å². The van der Waals surface area contributed by atoms with Crippen LogP contribution in [0.4, 0.5) is 0 Å². The van der Waals surface area contributed by atoms with Crippen LogP contribution < -0.4 is 5.32 Å². The Labute approximate surface area is 166 Å². The first-order chi connectivity index (χ1) is 12.6. The molecule has 0 bridgehead atoms. The zero-order valence-electron chi connectivity index (χ0n) is 15.3. The largest absolute Gasteiger partial charge is 0.393 e. The minimum Gasteiger partial charge on any atom is -0.393 e. The molecule has 1 saturated carbocycles. The minimum absolute atomic E-state index is 0.197. The molecule has 1 fully saturated rings. The molecule has 0 heterocycles.